The normalized spacial score (nSPS) is 11.5. The highest BCUT2D eigenvalue weighted by Crippen LogP contribution is 2.24. The molecule has 0 bridgehead atoms. The Kier molecular flexibility index (Phi) is 6.21. The molecule has 1 aromatic carbocycles. The van der Waals surface area contributed by atoms with Gasteiger partial charge < -0.3 is 10.6 Å². The van der Waals surface area contributed by atoms with Crippen LogP contribution < -0.4 is 10.6 Å². The topological polar surface area (TPSA) is 110 Å². The van der Waals surface area contributed by atoms with E-state index in [4.69, 9.17) is 23.2 Å². The summed E-state index contributed by atoms with van der Waals surface area (Å²) in [5.41, 5.74) is 0.891. The zero-order valence-corrected chi connectivity index (χ0v) is 18.1. The Morgan fingerprint density at radius 1 is 0.966 bits per heavy atom. The molecule has 0 aliphatic heterocycles. The molecule has 0 saturated carbocycles. The molecule has 0 spiro atoms. The number of halogens is 2. The van der Waals surface area contributed by atoms with Gasteiger partial charge in [0.1, 0.15) is 10.8 Å². The first-order valence-corrected chi connectivity index (χ1v) is 11.2. The van der Waals surface area contributed by atoms with Crippen molar-refractivity contribution in [3.8, 4) is 11.5 Å². The predicted molar refractivity (Wildman–Crippen MR) is 115 cm³/mol. The molecule has 8 nitrogen and oxygen atoms in total. The average Bonchev–Trinajstić information content (AvgIpc) is 2.59. The van der Waals surface area contributed by atoms with Crippen molar-refractivity contribution in [1.82, 2.24) is 19.9 Å². The Hall–Kier alpha value is -2.49. The fourth-order valence-corrected chi connectivity index (χ4v) is 3.52. The van der Waals surface area contributed by atoms with Gasteiger partial charge in [0.05, 0.1) is 4.90 Å². The highest BCUT2D eigenvalue weighted by atomic mass is 35.5. The van der Waals surface area contributed by atoms with Gasteiger partial charge in [-0.05, 0) is 44.2 Å². The molecule has 0 aliphatic carbocycles. The largest absolute Gasteiger partial charge is 0.352 e. The van der Waals surface area contributed by atoms with Crippen molar-refractivity contribution < 1.29 is 8.42 Å². The molecule has 0 saturated heterocycles. The lowest BCUT2D eigenvalue weighted by molar-refractivity contribution is 0.602. The van der Waals surface area contributed by atoms with Crippen LogP contribution in [-0.4, -0.2) is 40.7 Å². The minimum atomic E-state index is -3.35. The van der Waals surface area contributed by atoms with E-state index >= 15 is 0 Å². The monoisotopic (exact) mass is 452 g/mol. The van der Waals surface area contributed by atoms with Gasteiger partial charge in [0.25, 0.3) is 0 Å². The Labute approximate surface area is 178 Å². The van der Waals surface area contributed by atoms with Crippen LogP contribution >= 0.6 is 23.2 Å². The predicted octanol–water partition coefficient (Wildman–Crippen LogP) is 4.21. The SMILES string of the molecule is CC(C)Nc1nc(Nc2cccc(S(C)(=O)=O)c2)nc(-c2cc(Cl)cc(Cl)n2)n1. The van der Waals surface area contributed by atoms with Crippen molar-refractivity contribution in [3.05, 3.63) is 46.6 Å². The van der Waals surface area contributed by atoms with Crippen molar-refractivity contribution in [2.45, 2.75) is 24.8 Å². The molecule has 0 aliphatic rings. The second-order valence-corrected chi connectivity index (χ2v) is 9.36. The van der Waals surface area contributed by atoms with Gasteiger partial charge in [-0.2, -0.15) is 15.0 Å². The number of hydrogen-bond donors (Lipinski definition) is 2. The number of anilines is 3. The van der Waals surface area contributed by atoms with E-state index in [-0.39, 0.29) is 27.9 Å². The van der Waals surface area contributed by atoms with E-state index in [0.29, 0.717) is 22.4 Å². The molecule has 2 N–H and O–H groups in total. The van der Waals surface area contributed by atoms with Gasteiger partial charge in [0.2, 0.25) is 11.9 Å². The first kappa shape index (κ1) is 21.2. The third kappa shape index (κ3) is 5.75. The second kappa shape index (κ2) is 8.48. The quantitative estimate of drug-likeness (QED) is 0.535. The van der Waals surface area contributed by atoms with Crippen molar-refractivity contribution in [2.75, 3.05) is 16.9 Å². The molecule has 11 heteroatoms. The van der Waals surface area contributed by atoms with E-state index in [2.05, 4.69) is 30.6 Å². The van der Waals surface area contributed by atoms with Gasteiger partial charge >= 0.3 is 0 Å². The van der Waals surface area contributed by atoms with Crippen LogP contribution in [-0.2, 0) is 9.84 Å². The minimum Gasteiger partial charge on any atom is -0.352 e. The molecule has 0 fully saturated rings. The number of aromatic nitrogens is 4. The van der Waals surface area contributed by atoms with Crippen LogP contribution in [0.4, 0.5) is 17.6 Å². The third-order valence-corrected chi connectivity index (χ3v) is 5.08. The molecule has 0 radical (unpaired) electrons. The summed E-state index contributed by atoms with van der Waals surface area (Å²) in [6.07, 6.45) is 1.15. The van der Waals surface area contributed by atoms with E-state index in [0.717, 1.165) is 6.26 Å². The van der Waals surface area contributed by atoms with Crippen molar-refractivity contribution >= 4 is 50.6 Å². The Balaban J connectivity index is 2.04. The van der Waals surface area contributed by atoms with Gasteiger partial charge in [0, 0.05) is 23.0 Å². The van der Waals surface area contributed by atoms with Gasteiger partial charge in [-0.15, -0.1) is 0 Å². The molecule has 0 atom stereocenters. The molecule has 152 valence electrons. The molecule has 29 heavy (non-hydrogen) atoms. The summed E-state index contributed by atoms with van der Waals surface area (Å²) in [5, 5.41) is 6.73. The van der Waals surface area contributed by atoms with Crippen molar-refractivity contribution in [2.24, 2.45) is 0 Å². The fraction of sp³-hybridized carbons (Fsp3) is 0.222. The molecule has 3 rings (SSSR count). The maximum absolute atomic E-state index is 11.8. The van der Waals surface area contributed by atoms with Crippen LogP contribution in [0.3, 0.4) is 0 Å². The van der Waals surface area contributed by atoms with Gasteiger partial charge in [0.15, 0.2) is 15.7 Å². The van der Waals surface area contributed by atoms with Crippen molar-refractivity contribution in [1.29, 1.82) is 0 Å². The fourth-order valence-electron chi connectivity index (χ4n) is 2.38. The Morgan fingerprint density at radius 2 is 1.69 bits per heavy atom. The van der Waals surface area contributed by atoms with E-state index in [1.54, 1.807) is 18.2 Å². The van der Waals surface area contributed by atoms with Crippen LogP contribution in [0.15, 0.2) is 41.3 Å². The zero-order valence-electron chi connectivity index (χ0n) is 15.8. The van der Waals surface area contributed by atoms with Gasteiger partial charge in [-0.25, -0.2) is 13.4 Å². The Morgan fingerprint density at radius 3 is 2.34 bits per heavy atom. The third-order valence-electron chi connectivity index (χ3n) is 3.56. The van der Waals surface area contributed by atoms with Crippen LogP contribution in [0.1, 0.15) is 13.8 Å². The van der Waals surface area contributed by atoms with E-state index in [1.165, 1.54) is 18.2 Å². The Bertz CT molecular complexity index is 1130. The highest BCUT2D eigenvalue weighted by Gasteiger charge is 2.13. The van der Waals surface area contributed by atoms with Gasteiger partial charge in [-0.1, -0.05) is 29.3 Å². The summed E-state index contributed by atoms with van der Waals surface area (Å²) >= 11 is 12.1. The number of benzene rings is 1. The van der Waals surface area contributed by atoms with E-state index in [1.807, 2.05) is 13.8 Å². The van der Waals surface area contributed by atoms with E-state index < -0.39 is 9.84 Å². The van der Waals surface area contributed by atoms with Crippen LogP contribution in [0, 0.1) is 0 Å². The lowest BCUT2D eigenvalue weighted by Gasteiger charge is -2.12. The number of hydrogen-bond acceptors (Lipinski definition) is 8. The average molecular weight is 453 g/mol. The standard InChI is InChI=1S/C18H18Cl2N6O2S/c1-10(2)21-17-24-16(14-7-11(19)8-15(20)23-14)25-18(26-17)22-12-5-4-6-13(9-12)29(3,27)28/h4-10H,1-3H3,(H2,21,22,24,25,26). The van der Waals surface area contributed by atoms with Crippen molar-refractivity contribution in [3.63, 3.8) is 0 Å². The summed E-state index contributed by atoms with van der Waals surface area (Å²) in [6.45, 7) is 3.89. The molecular weight excluding hydrogens is 435 g/mol. The maximum Gasteiger partial charge on any atom is 0.232 e. The summed E-state index contributed by atoms with van der Waals surface area (Å²) in [7, 11) is -3.35. The lowest BCUT2D eigenvalue weighted by atomic mass is 10.3. The highest BCUT2D eigenvalue weighted by molar-refractivity contribution is 7.90. The van der Waals surface area contributed by atoms with E-state index in [9.17, 15) is 8.42 Å². The number of rotatable bonds is 6. The van der Waals surface area contributed by atoms with Crippen LogP contribution in [0.5, 0.6) is 0 Å². The molecular formula is C18H18Cl2N6O2S. The van der Waals surface area contributed by atoms with Crippen LogP contribution in [0.25, 0.3) is 11.5 Å². The molecule has 2 heterocycles. The second-order valence-electron chi connectivity index (χ2n) is 6.52. The minimum absolute atomic E-state index is 0.0718. The number of nitrogens with one attached hydrogen (secondary N) is 2. The first-order chi connectivity index (χ1) is 13.6. The summed E-state index contributed by atoms with van der Waals surface area (Å²) in [5.74, 6) is 0.792. The molecule has 2 aromatic heterocycles. The lowest BCUT2D eigenvalue weighted by Crippen LogP contribution is -2.14. The number of sulfone groups is 1. The first-order valence-electron chi connectivity index (χ1n) is 8.53. The molecule has 0 amide bonds. The number of pyridine rings is 1. The zero-order chi connectivity index (χ0) is 21.2. The summed E-state index contributed by atoms with van der Waals surface area (Å²) < 4.78 is 23.6. The van der Waals surface area contributed by atoms with Crippen LogP contribution in [0.2, 0.25) is 10.2 Å². The smallest absolute Gasteiger partial charge is 0.232 e. The molecule has 3 aromatic rings. The molecule has 0 unspecified atom stereocenters. The van der Waals surface area contributed by atoms with Gasteiger partial charge in [-0.3, -0.25) is 0 Å². The summed E-state index contributed by atoms with van der Waals surface area (Å²) in [4.78, 5) is 17.5. The number of nitrogens with zero attached hydrogens (tertiary/aromatic N) is 4. The summed E-state index contributed by atoms with van der Waals surface area (Å²) in [6, 6.07) is 9.54. The maximum atomic E-state index is 11.8.